The number of nitrogens with one attached hydrogen (secondary N) is 1. The molecule has 0 unspecified atom stereocenters. The van der Waals surface area contributed by atoms with Gasteiger partial charge in [0.05, 0.1) is 11.5 Å². The van der Waals surface area contributed by atoms with Crippen LogP contribution in [0.2, 0.25) is 0 Å². The van der Waals surface area contributed by atoms with Crippen molar-refractivity contribution in [2.75, 3.05) is 0 Å². The van der Waals surface area contributed by atoms with E-state index in [-0.39, 0.29) is 11.6 Å². The highest BCUT2D eigenvalue weighted by molar-refractivity contribution is 5.95. The molecule has 1 aliphatic carbocycles. The molecule has 2 N–H and O–H groups in total. The summed E-state index contributed by atoms with van der Waals surface area (Å²) in [5, 5.41) is 11.8. The van der Waals surface area contributed by atoms with Gasteiger partial charge >= 0.3 is 5.97 Å². The van der Waals surface area contributed by atoms with Crippen LogP contribution in [-0.2, 0) is 4.79 Å². The summed E-state index contributed by atoms with van der Waals surface area (Å²) in [6, 6.07) is 12.1. The van der Waals surface area contributed by atoms with Crippen molar-refractivity contribution in [2.24, 2.45) is 5.92 Å². The number of hydrogen-bond acceptors (Lipinski definition) is 2. The van der Waals surface area contributed by atoms with E-state index in [0.29, 0.717) is 24.8 Å². The highest BCUT2D eigenvalue weighted by atomic mass is 19.1. The lowest BCUT2D eigenvalue weighted by molar-refractivity contribution is -0.141. The van der Waals surface area contributed by atoms with Gasteiger partial charge in [-0.3, -0.25) is 9.59 Å². The molecule has 2 aromatic rings. The standard InChI is InChI=1S/C20H20FNO3/c1-12-2-4-13(5-3-12)14-7-9-17(18(21)11-14)19(23)22-16-8-6-15(10-16)20(24)25/h2-5,7,9,11,15-16H,6,8,10H2,1H3,(H,22,23)(H,24,25)/t15-,16+/m1/s1. The third-order valence-electron chi connectivity index (χ3n) is 4.72. The fourth-order valence-corrected chi connectivity index (χ4v) is 3.22. The molecule has 130 valence electrons. The second-order valence-corrected chi connectivity index (χ2v) is 6.58. The quantitative estimate of drug-likeness (QED) is 0.889. The zero-order valence-corrected chi connectivity index (χ0v) is 14.0. The number of aryl methyl sites for hydroxylation is 1. The maximum Gasteiger partial charge on any atom is 0.306 e. The number of hydrogen-bond donors (Lipinski definition) is 2. The van der Waals surface area contributed by atoms with Gasteiger partial charge in [-0.05, 0) is 49.4 Å². The SMILES string of the molecule is Cc1ccc(-c2ccc(C(=O)N[C@H]3CC[C@@H](C(=O)O)C3)c(F)c2)cc1. The molecule has 1 aliphatic rings. The average Bonchev–Trinajstić information content (AvgIpc) is 3.04. The van der Waals surface area contributed by atoms with Gasteiger partial charge in [-0.1, -0.05) is 35.9 Å². The summed E-state index contributed by atoms with van der Waals surface area (Å²) >= 11 is 0. The summed E-state index contributed by atoms with van der Waals surface area (Å²) in [6.45, 7) is 1.98. The van der Waals surface area contributed by atoms with Crippen molar-refractivity contribution in [3.8, 4) is 11.1 Å². The molecule has 0 aliphatic heterocycles. The van der Waals surface area contributed by atoms with Crippen molar-refractivity contribution in [2.45, 2.75) is 32.2 Å². The predicted octanol–water partition coefficient (Wildman–Crippen LogP) is 3.78. The van der Waals surface area contributed by atoms with E-state index in [0.717, 1.165) is 11.1 Å². The van der Waals surface area contributed by atoms with Crippen molar-refractivity contribution in [1.29, 1.82) is 0 Å². The van der Waals surface area contributed by atoms with Crippen LogP contribution in [0.1, 0.15) is 35.2 Å². The molecular formula is C20H20FNO3. The van der Waals surface area contributed by atoms with E-state index in [4.69, 9.17) is 5.11 Å². The van der Waals surface area contributed by atoms with Crippen LogP contribution in [-0.4, -0.2) is 23.0 Å². The van der Waals surface area contributed by atoms with Gasteiger partial charge in [-0.15, -0.1) is 0 Å². The molecule has 0 saturated heterocycles. The summed E-state index contributed by atoms with van der Waals surface area (Å²) < 4.78 is 14.4. The number of benzene rings is 2. The first kappa shape index (κ1) is 17.1. The molecule has 0 spiro atoms. The van der Waals surface area contributed by atoms with Crippen LogP contribution >= 0.6 is 0 Å². The molecule has 2 atom stereocenters. The summed E-state index contributed by atoms with van der Waals surface area (Å²) in [7, 11) is 0. The molecule has 2 aromatic carbocycles. The van der Waals surface area contributed by atoms with Gasteiger partial charge in [-0.2, -0.15) is 0 Å². The molecule has 25 heavy (non-hydrogen) atoms. The molecule has 5 heteroatoms. The van der Waals surface area contributed by atoms with Crippen LogP contribution in [0.5, 0.6) is 0 Å². The van der Waals surface area contributed by atoms with E-state index in [1.54, 1.807) is 6.07 Å². The fourth-order valence-electron chi connectivity index (χ4n) is 3.22. The number of aliphatic carboxylic acids is 1. The number of carbonyl (C=O) groups is 2. The van der Waals surface area contributed by atoms with E-state index in [1.165, 1.54) is 12.1 Å². The maximum atomic E-state index is 14.4. The zero-order valence-electron chi connectivity index (χ0n) is 14.0. The lowest BCUT2D eigenvalue weighted by Crippen LogP contribution is -2.33. The lowest BCUT2D eigenvalue weighted by atomic mass is 10.0. The Bertz CT molecular complexity index is 801. The van der Waals surface area contributed by atoms with Crippen molar-refractivity contribution < 1.29 is 19.1 Å². The van der Waals surface area contributed by atoms with Gasteiger partial charge in [0.1, 0.15) is 5.82 Å². The van der Waals surface area contributed by atoms with E-state index in [1.807, 2.05) is 31.2 Å². The van der Waals surface area contributed by atoms with Gasteiger partial charge in [-0.25, -0.2) is 4.39 Å². The van der Waals surface area contributed by atoms with Crippen molar-refractivity contribution in [1.82, 2.24) is 5.32 Å². The van der Waals surface area contributed by atoms with Crippen LogP contribution in [0.3, 0.4) is 0 Å². The highest BCUT2D eigenvalue weighted by Crippen LogP contribution is 2.27. The van der Waals surface area contributed by atoms with Gasteiger partial charge in [0.25, 0.3) is 5.91 Å². The Labute approximate surface area is 145 Å². The Morgan fingerprint density at radius 1 is 1.08 bits per heavy atom. The van der Waals surface area contributed by atoms with Crippen LogP contribution < -0.4 is 5.32 Å². The average molecular weight is 341 g/mol. The molecule has 3 rings (SSSR count). The fraction of sp³-hybridized carbons (Fsp3) is 0.300. The summed E-state index contributed by atoms with van der Waals surface area (Å²) in [5.74, 6) is -2.35. The minimum absolute atomic E-state index is 0.0189. The van der Waals surface area contributed by atoms with E-state index in [2.05, 4.69) is 5.32 Å². The van der Waals surface area contributed by atoms with E-state index < -0.39 is 23.6 Å². The summed E-state index contributed by atoms with van der Waals surface area (Å²) in [5.41, 5.74) is 2.70. The minimum Gasteiger partial charge on any atom is -0.481 e. The van der Waals surface area contributed by atoms with Crippen LogP contribution in [0.4, 0.5) is 4.39 Å². The second-order valence-electron chi connectivity index (χ2n) is 6.58. The minimum atomic E-state index is -0.842. The number of rotatable bonds is 4. The Morgan fingerprint density at radius 3 is 2.36 bits per heavy atom. The van der Waals surface area contributed by atoms with Crippen molar-refractivity contribution in [3.05, 3.63) is 59.4 Å². The van der Waals surface area contributed by atoms with Crippen LogP contribution in [0, 0.1) is 18.7 Å². The Hall–Kier alpha value is -2.69. The third kappa shape index (κ3) is 3.87. The number of carboxylic acid groups (broad SMARTS) is 1. The number of carbonyl (C=O) groups excluding carboxylic acids is 1. The number of halogens is 1. The molecule has 0 radical (unpaired) electrons. The van der Waals surface area contributed by atoms with Crippen LogP contribution in [0.25, 0.3) is 11.1 Å². The highest BCUT2D eigenvalue weighted by Gasteiger charge is 2.31. The smallest absolute Gasteiger partial charge is 0.306 e. The van der Waals surface area contributed by atoms with Gasteiger partial charge < -0.3 is 10.4 Å². The van der Waals surface area contributed by atoms with Gasteiger partial charge in [0.15, 0.2) is 0 Å². The lowest BCUT2D eigenvalue weighted by Gasteiger charge is -2.13. The molecule has 1 amide bonds. The molecular weight excluding hydrogens is 321 g/mol. The van der Waals surface area contributed by atoms with E-state index >= 15 is 0 Å². The second kappa shape index (κ2) is 7.05. The normalized spacial score (nSPS) is 19.6. The Balaban J connectivity index is 1.71. The largest absolute Gasteiger partial charge is 0.481 e. The first-order valence-electron chi connectivity index (χ1n) is 8.34. The first-order chi connectivity index (χ1) is 11.9. The van der Waals surface area contributed by atoms with Crippen molar-refractivity contribution >= 4 is 11.9 Å². The Morgan fingerprint density at radius 2 is 1.76 bits per heavy atom. The molecule has 0 aromatic heterocycles. The number of carboxylic acids is 1. The first-order valence-corrected chi connectivity index (χ1v) is 8.34. The molecule has 0 bridgehead atoms. The molecule has 4 nitrogen and oxygen atoms in total. The predicted molar refractivity (Wildman–Crippen MR) is 92.8 cm³/mol. The summed E-state index contributed by atoms with van der Waals surface area (Å²) in [6.07, 6.45) is 1.53. The topological polar surface area (TPSA) is 66.4 Å². The van der Waals surface area contributed by atoms with E-state index in [9.17, 15) is 14.0 Å². The number of amides is 1. The third-order valence-corrected chi connectivity index (χ3v) is 4.72. The molecule has 1 saturated carbocycles. The monoisotopic (exact) mass is 341 g/mol. The maximum absolute atomic E-state index is 14.4. The van der Waals surface area contributed by atoms with Gasteiger partial charge in [0.2, 0.25) is 0 Å². The van der Waals surface area contributed by atoms with Crippen LogP contribution in [0.15, 0.2) is 42.5 Å². The van der Waals surface area contributed by atoms with Crippen molar-refractivity contribution in [3.63, 3.8) is 0 Å². The van der Waals surface area contributed by atoms with Gasteiger partial charge in [0, 0.05) is 6.04 Å². The molecule has 0 heterocycles. The zero-order chi connectivity index (χ0) is 18.0. The summed E-state index contributed by atoms with van der Waals surface area (Å²) in [4.78, 5) is 23.3. The Kier molecular flexibility index (Phi) is 4.83. The molecule has 1 fully saturated rings.